The Morgan fingerprint density at radius 3 is 2.83 bits per heavy atom. The average Bonchev–Trinajstić information content (AvgIpc) is 2.09. The van der Waals surface area contributed by atoms with E-state index in [1.807, 2.05) is 0 Å². The van der Waals surface area contributed by atoms with E-state index in [0.717, 1.165) is 0 Å². The van der Waals surface area contributed by atoms with Gasteiger partial charge in [0.15, 0.2) is 0 Å². The topological polar surface area (TPSA) is 38.3 Å². The molecule has 64 valence electrons. The third-order valence-corrected chi connectivity index (χ3v) is 1.70. The summed E-state index contributed by atoms with van der Waals surface area (Å²) in [5.41, 5.74) is 0.576. The maximum Gasteiger partial charge on any atom is 0.211 e. The van der Waals surface area contributed by atoms with Crippen LogP contribution in [0.4, 0.5) is 5.69 Å². The molecule has 0 aliphatic rings. The summed E-state index contributed by atoms with van der Waals surface area (Å²) < 4.78 is 4.93. The molecule has 0 atom stereocenters. The molecule has 0 unspecified atom stereocenters. The molecule has 1 N–H and O–H groups in total. The first-order valence-electron chi connectivity index (χ1n) is 3.31. The summed E-state index contributed by atoms with van der Waals surface area (Å²) in [5.74, 6) is 0.663. The largest absolute Gasteiger partial charge is 0.497 e. The lowest BCUT2D eigenvalue weighted by Crippen LogP contribution is -1.94. The van der Waals surface area contributed by atoms with Crippen molar-refractivity contribution < 1.29 is 9.53 Å². The Bertz CT molecular complexity index is 288. The van der Waals surface area contributed by atoms with Crippen molar-refractivity contribution in [1.29, 1.82) is 0 Å². The Hall–Kier alpha value is -1.22. The fourth-order valence-electron chi connectivity index (χ4n) is 0.803. The number of methoxy groups -OCH3 is 1. The minimum absolute atomic E-state index is 0.460. The number of halogens is 1. The van der Waals surface area contributed by atoms with Crippen molar-refractivity contribution in [3.8, 4) is 5.75 Å². The first-order valence-corrected chi connectivity index (χ1v) is 3.69. The van der Waals surface area contributed by atoms with Crippen molar-refractivity contribution in [2.45, 2.75) is 0 Å². The van der Waals surface area contributed by atoms with E-state index in [1.165, 1.54) is 0 Å². The normalized spacial score (nSPS) is 9.17. The van der Waals surface area contributed by atoms with Crippen molar-refractivity contribution in [3.63, 3.8) is 0 Å². The molecule has 0 heterocycles. The number of amides is 1. The van der Waals surface area contributed by atoms with E-state index in [-0.39, 0.29) is 0 Å². The lowest BCUT2D eigenvalue weighted by Gasteiger charge is -2.04. The molecule has 1 rings (SSSR count). The number of carbonyl (C=O) groups excluding carboxylic acids is 1. The zero-order valence-corrected chi connectivity index (χ0v) is 7.26. The highest BCUT2D eigenvalue weighted by Gasteiger charge is 1.99. The van der Waals surface area contributed by atoms with Crippen molar-refractivity contribution >= 4 is 23.7 Å². The molecular formula is C8H8ClNO2. The van der Waals surface area contributed by atoms with Gasteiger partial charge in [-0.15, -0.1) is 0 Å². The van der Waals surface area contributed by atoms with Crippen LogP contribution in [0, 0.1) is 0 Å². The Morgan fingerprint density at radius 1 is 1.58 bits per heavy atom. The molecule has 0 radical (unpaired) electrons. The van der Waals surface area contributed by atoms with Gasteiger partial charge in [-0.3, -0.25) is 4.79 Å². The van der Waals surface area contributed by atoms with Crippen LogP contribution < -0.4 is 10.1 Å². The highest BCUT2D eigenvalue weighted by Crippen LogP contribution is 2.25. The van der Waals surface area contributed by atoms with Crippen molar-refractivity contribution in [2.24, 2.45) is 0 Å². The van der Waals surface area contributed by atoms with E-state index in [9.17, 15) is 4.79 Å². The molecule has 3 nitrogen and oxygen atoms in total. The third-order valence-electron chi connectivity index (χ3n) is 1.39. The van der Waals surface area contributed by atoms with Gasteiger partial charge < -0.3 is 10.1 Å². The van der Waals surface area contributed by atoms with Gasteiger partial charge in [0, 0.05) is 6.07 Å². The molecule has 0 spiro atoms. The zero-order chi connectivity index (χ0) is 8.97. The average molecular weight is 186 g/mol. The first kappa shape index (κ1) is 8.87. The van der Waals surface area contributed by atoms with E-state index < -0.39 is 0 Å². The molecule has 1 amide bonds. The molecule has 4 heteroatoms. The predicted molar refractivity (Wildman–Crippen MR) is 47.7 cm³/mol. The molecule has 1 aromatic rings. The Morgan fingerprint density at radius 2 is 2.33 bits per heavy atom. The number of rotatable bonds is 3. The quantitative estimate of drug-likeness (QED) is 0.731. The minimum Gasteiger partial charge on any atom is -0.497 e. The fourth-order valence-corrected chi connectivity index (χ4v) is 1.03. The molecule has 1 aromatic carbocycles. The molecule has 0 aliphatic heterocycles. The third kappa shape index (κ3) is 1.89. The second kappa shape index (κ2) is 3.97. The number of ether oxygens (including phenoxy) is 1. The Labute approximate surface area is 75.3 Å². The number of carbonyl (C=O) groups is 1. The number of hydrogen-bond acceptors (Lipinski definition) is 2. The van der Waals surface area contributed by atoms with Crippen molar-refractivity contribution in [3.05, 3.63) is 23.2 Å². The van der Waals surface area contributed by atoms with Gasteiger partial charge in [-0.2, -0.15) is 0 Å². The molecule has 0 aromatic heterocycles. The fraction of sp³-hybridized carbons (Fsp3) is 0.125. The van der Waals surface area contributed by atoms with Crippen molar-refractivity contribution in [2.75, 3.05) is 12.4 Å². The van der Waals surface area contributed by atoms with E-state index in [2.05, 4.69) is 5.32 Å². The van der Waals surface area contributed by atoms with E-state index >= 15 is 0 Å². The summed E-state index contributed by atoms with van der Waals surface area (Å²) in [6.07, 6.45) is 0.577. The summed E-state index contributed by atoms with van der Waals surface area (Å²) in [4.78, 5) is 10.1. The lowest BCUT2D eigenvalue weighted by atomic mass is 10.3. The van der Waals surface area contributed by atoms with E-state index in [0.29, 0.717) is 22.9 Å². The second-order valence-corrected chi connectivity index (χ2v) is 2.52. The van der Waals surface area contributed by atoms with Crippen LogP contribution in [-0.2, 0) is 4.79 Å². The molecule has 12 heavy (non-hydrogen) atoms. The SMILES string of the molecule is COc1ccc(NC=O)c(Cl)c1. The van der Waals surface area contributed by atoms with Crippen LogP contribution in [0.15, 0.2) is 18.2 Å². The summed E-state index contributed by atoms with van der Waals surface area (Å²) in [5, 5.41) is 2.92. The summed E-state index contributed by atoms with van der Waals surface area (Å²) in [6, 6.07) is 5.03. The predicted octanol–water partition coefficient (Wildman–Crippen LogP) is 1.92. The highest BCUT2D eigenvalue weighted by molar-refractivity contribution is 6.33. The molecule has 0 aliphatic carbocycles. The van der Waals surface area contributed by atoms with Gasteiger partial charge in [0.05, 0.1) is 17.8 Å². The first-order chi connectivity index (χ1) is 5.77. The number of anilines is 1. The lowest BCUT2D eigenvalue weighted by molar-refractivity contribution is -0.105. The Kier molecular flexibility index (Phi) is 2.94. The summed E-state index contributed by atoms with van der Waals surface area (Å²) >= 11 is 5.79. The van der Waals surface area contributed by atoms with Crippen LogP contribution in [0.3, 0.4) is 0 Å². The number of nitrogens with one attached hydrogen (secondary N) is 1. The molecule has 0 saturated heterocycles. The highest BCUT2D eigenvalue weighted by atomic mass is 35.5. The maximum atomic E-state index is 10.1. The van der Waals surface area contributed by atoms with Crippen LogP contribution in [0.5, 0.6) is 5.75 Å². The van der Waals surface area contributed by atoms with Crippen molar-refractivity contribution in [1.82, 2.24) is 0 Å². The maximum absolute atomic E-state index is 10.1. The summed E-state index contributed by atoms with van der Waals surface area (Å²) in [7, 11) is 1.55. The Balaban J connectivity index is 2.94. The van der Waals surface area contributed by atoms with Gasteiger partial charge in [-0.05, 0) is 12.1 Å². The van der Waals surface area contributed by atoms with Crippen LogP contribution in [0.25, 0.3) is 0 Å². The smallest absolute Gasteiger partial charge is 0.211 e. The van der Waals surface area contributed by atoms with E-state index in [1.54, 1.807) is 25.3 Å². The monoisotopic (exact) mass is 185 g/mol. The minimum atomic E-state index is 0.460. The van der Waals surface area contributed by atoms with Gasteiger partial charge in [-0.25, -0.2) is 0 Å². The zero-order valence-electron chi connectivity index (χ0n) is 6.50. The molecule has 0 fully saturated rings. The van der Waals surface area contributed by atoms with Crippen LogP contribution >= 0.6 is 11.6 Å². The number of hydrogen-bond donors (Lipinski definition) is 1. The van der Waals surface area contributed by atoms with Gasteiger partial charge in [-0.1, -0.05) is 11.6 Å². The van der Waals surface area contributed by atoms with Crippen LogP contribution in [0.1, 0.15) is 0 Å². The van der Waals surface area contributed by atoms with Gasteiger partial charge in [0.1, 0.15) is 5.75 Å². The van der Waals surface area contributed by atoms with Gasteiger partial charge >= 0.3 is 0 Å². The molecule has 0 saturated carbocycles. The van der Waals surface area contributed by atoms with Crippen LogP contribution in [-0.4, -0.2) is 13.5 Å². The second-order valence-electron chi connectivity index (χ2n) is 2.11. The number of benzene rings is 1. The molecule has 0 bridgehead atoms. The van der Waals surface area contributed by atoms with Gasteiger partial charge in [0.2, 0.25) is 6.41 Å². The van der Waals surface area contributed by atoms with Crippen LogP contribution in [0.2, 0.25) is 5.02 Å². The van der Waals surface area contributed by atoms with Gasteiger partial charge in [0.25, 0.3) is 0 Å². The molecular weight excluding hydrogens is 178 g/mol. The van der Waals surface area contributed by atoms with E-state index in [4.69, 9.17) is 16.3 Å². The summed E-state index contributed by atoms with van der Waals surface area (Å²) in [6.45, 7) is 0. The standard InChI is InChI=1S/C8H8ClNO2/c1-12-6-2-3-8(10-5-11)7(9)4-6/h2-5H,1H3,(H,10,11).